The average molecular weight is 341 g/mol. The predicted molar refractivity (Wildman–Crippen MR) is 92.2 cm³/mol. The number of benzene rings is 1. The fourth-order valence-electron chi connectivity index (χ4n) is 1.90. The smallest absolute Gasteiger partial charge is 0.408 e. The van der Waals surface area contributed by atoms with Crippen LogP contribution in [0.15, 0.2) is 40.8 Å². The van der Waals surface area contributed by atoms with Crippen molar-refractivity contribution >= 4 is 12.1 Å². The molecule has 1 aromatic carbocycles. The maximum Gasteiger partial charge on any atom is 0.408 e. The van der Waals surface area contributed by atoms with E-state index in [2.05, 4.69) is 17.2 Å². The zero-order valence-electron chi connectivity index (χ0n) is 14.3. The first kappa shape index (κ1) is 18.1. The average Bonchev–Trinajstić information content (AvgIpc) is 3.01. The highest BCUT2D eigenvalue weighted by atomic mass is 16.6. The van der Waals surface area contributed by atoms with Crippen molar-refractivity contribution in [3.63, 3.8) is 0 Å². The number of rotatable bonds is 3. The molecule has 6 heteroatoms. The molecule has 2 N–H and O–H groups in total. The molecule has 130 valence electrons. The summed E-state index contributed by atoms with van der Waals surface area (Å²) in [6.45, 7) is 5.55. The number of ether oxygens (including phenoxy) is 1. The minimum atomic E-state index is -1.11. The third-order valence-electron chi connectivity index (χ3n) is 2.94. The SMILES string of the molecule is CC(C)(C)OC(=O)NCC#Cc1ccc(-c2ccc(C(=O)O)o2)cc1. The van der Waals surface area contributed by atoms with Crippen molar-refractivity contribution in [2.45, 2.75) is 26.4 Å². The summed E-state index contributed by atoms with van der Waals surface area (Å²) in [5, 5.41) is 11.4. The number of furan rings is 1. The number of hydrogen-bond donors (Lipinski definition) is 2. The lowest BCUT2D eigenvalue weighted by Crippen LogP contribution is -2.32. The maximum absolute atomic E-state index is 11.5. The van der Waals surface area contributed by atoms with Gasteiger partial charge in [0.1, 0.15) is 11.4 Å². The highest BCUT2D eigenvalue weighted by Gasteiger charge is 2.15. The van der Waals surface area contributed by atoms with Crippen LogP contribution in [-0.4, -0.2) is 29.3 Å². The Labute approximate surface area is 145 Å². The van der Waals surface area contributed by atoms with Crippen molar-refractivity contribution in [3.8, 4) is 23.2 Å². The predicted octanol–water partition coefficient (Wildman–Crippen LogP) is 3.52. The highest BCUT2D eigenvalue weighted by Crippen LogP contribution is 2.22. The summed E-state index contributed by atoms with van der Waals surface area (Å²) < 4.78 is 10.3. The summed E-state index contributed by atoms with van der Waals surface area (Å²) in [5.41, 5.74) is 0.976. The number of aromatic carboxylic acids is 1. The molecule has 0 radical (unpaired) electrons. The van der Waals surface area contributed by atoms with Crippen LogP contribution in [0.2, 0.25) is 0 Å². The zero-order chi connectivity index (χ0) is 18.4. The lowest BCUT2D eigenvalue weighted by molar-refractivity contribution is 0.0534. The number of hydrogen-bond acceptors (Lipinski definition) is 4. The van der Waals surface area contributed by atoms with E-state index in [1.165, 1.54) is 6.07 Å². The summed E-state index contributed by atoms with van der Waals surface area (Å²) in [7, 11) is 0. The second-order valence-electron chi connectivity index (χ2n) is 6.20. The van der Waals surface area contributed by atoms with Crippen LogP contribution in [0, 0.1) is 11.8 Å². The molecule has 25 heavy (non-hydrogen) atoms. The third kappa shape index (κ3) is 5.74. The van der Waals surface area contributed by atoms with Crippen LogP contribution in [0.25, 0.3) is 11.3 Å². The van der Waals surface area contributed by atoms with Gasteiger partial charge in [-0.3, -0.25) is 0 Å². The minimum Gasteiger partial charge on any atom is -0.475 e. The number of carboxylic acid groups (broad SMARTS) is 1. The van der Waals surface area contributed by atoms with Crippen molar-refractivity contribution in [2.24, 2.45) is 0 Å². The van der Waals surface area contributed by atoms with Gasteiger partial charge in [-0.1, -0.05) is 24.0 Å². The van der Waals surface area contributed by atoms with Gasteiger partial charge in [0.2, 0.25) is 5.76 Å². The first-order chi connectivity index (χ1) is 11.7. The summed E-state index contributed by atoms with van der Waals surface area (Å²) >= 11 is 0. The number of amides is 1. The number of carbonyl (C=O) groups is 2. The van der Waals surface area contributed by atoms with E-state index in [9.17, 15) is 9.59 Å². The number of carboxylic acids is 1. The van der Waals surface area contributed by atoms with Crippen molar-refractivity contribution in [1.82, 2.24) is 5.32 Å². The van der Waals surface area contributed by atoms with Gasteiger partial charge in [-0.2, -0.15) is 0 Å². The van der Waals surface area contributed by atoms with Crippen molar-refractivity contribution < 1.29 is 23.8 Å². The molecule has 0 aliphatic carbocycles. The van der Waals surface area contributed by atoms with E-state index < -0.39 is 17.7 Å². The van der Waals surface area contributed by atoms with Gasteiger partial charge in [0.25, 0.3) is 0 Å². The van der Waals surface area contributed by atoms with Gasteiger partial charge in [-0.15, -0.1) is 0 Å². The largest absolute Gasteiger partial charge is 0.475 e. The van der Waals surface area contributed by atoms with E-state index in [-0.39, 0.29) is 12.3 Å². The molecule has 2 rings (SSSR count). The fraction of sp³-hybridized carbons (Fsp3) is 0.263. The van der Waals surface area contributed by atoms with Crippen LogP contribution >= 0.6 is 0 Å². The van der Waals surface area contributed by atoms with E-state index in [1.807, 2.05) is 0 Å². The van der Waals surface area contributed by atoms with E-state index in [1.54, 1.807) is 51.1 Å². The molecule has 1 amide bonds. The van der Waals surface area contributed by atoms with Crippen LogP contribution < -0.4 is 5.32 Å². The molecule has 0 saturated carbocycles. The van der Waals surface area contributed by atoms with Crippen molar-refractivity contribution in [2.75, 3.05) is 6.54 Å². The Balaban J connectivity index is 1.92. The second-order valence-corrected chi connectivity index (χ2v) is 6.20. The lowest BCUT2D eigenvalue weighted by Gasteiger charge is -2.18. The second kappa shape index (κ2) is 7.58. The van der Waals surface area contributed by atoms with Crippen LogP contribution in [-0.2, 0) is 4.74 Å². The van der Waals surface area contributed by atoms with Gasteiger partial charge in [0.05, 0.1) is 6.54 Å². The van der Waals surface area contributed by atoms with Crippen LogP contribution in [0.5, 0.6) is 0 Å². The van der Waals surface area contributed by atoms with Crippen molar-refractivity contribution in [3.05, 3.63) is 47.7 Å². The van der Waals surface area contributed by atoms with Gasteiger partial charge in [0.15, 0.2) is 0 Å². The monoisotopic (exact) mass is 341 g/mol. The normalized spacial score (nSPS) is 10.5. The first-order valence-electron chi connectivity index (χ1n) is 7.64. The van der Waals surface area contributed by atoms with Crippen LogP contribution in [0.4, 0.5) is 4.79 Å². The van der Waals surface area contributed by atoms with Gasteiger partial charge in [-0.05, 0) is 45.0 Å². The van der Waals surface area contributed by atoms with E-state index in [0.717, 1.165) is 11.1 Å². The molecule has 1 heterocycles. The Kier molecular flexibility index (Phi) is 5.50. The molecule has 0 spiro atoms. The molecule has 0 unspecified atom stereocenters. The first-order valence-corrected chi connectivity index (χ1v) is 7.64. The Morgan fingerprint density at radius 3 is 2.40 bits per heavy atom. The van der Waals surface area contributed by atoms with Gasteiger partial charge in [-0.25, -0.2) is 9.59 Å². The Hall–Kier alpha value is -3.20. The molecular weight excluding hydrogens is 322 g/mol. The number of carbonyl (C=O) groups excluding carboxylic acids is 1. The van der Waals surface area contributed by atoms with Crippen LogP contribution in [0.3, 0.4) is 0 Å². The van der Waals surface area contributed by atoms with Crippen LogP contribution in [0.1, 0.15) is 36.9 Å². The summed E-state index contributed by atoms with van der Waals surface area (Å²) in [6, 6.07) is 10.2. The minimum absolute atomic E-state index is 0.105. The topological polar surface area (TPSA) is 88.8 Å². The summed E-state index contributed by atoms with van der Waals surface area (Å²) in [6.07, 6.45) is -0.510. The van der Waals surface area contributed by atoms with Gasteiger partial charge < -0.3 is 19.6 Å². The lowest BCUT2D eigenvalue weighted by atomic mass is 10.1. The van der Waals surface area contributed by atoms with Gasteiger partial charge in [0, 0.05) is 11.1 Å². The number of alkyl carbamates (subject to hydrolysis) is 1. The van der Waals surface area contributed by atoms with E-state index in [4.69, 9.17) is 14.3 Å². The molecule has 6 nitrogen and oxygen atoms in total. The molecule has 0 fully saturated rings. The van der Waals surface area contributed by atoms with E-state index >= 15 is 0 Å². The standard InChI is InChI=1S/C19H19NO5/c1-19(2,3)25-18(23)20-12-4-5-13-6-8-14(9-7-13)15-10-11-16(24-15)17(21)22/h6-11H,12H2,1-3H3,(H,20,23)(H,21,22). The molecule has 2 aromatic rings. The van der Waals surface area contributed by atoms with Gasteiger partial charge >= 0.3 is 12.1 Å². The Morgan fingerprint density at radius 1 is 1.16 bits per heavy atom. The number of nitrogens with one attached hydrogen (secondary N) is 1. The highest BCUT2D eigenvalue weighted by molar-refractivity contribution is 5.85. The fourth-order valence-corrected chi connectivity index (χ4v) is 1.90. The summed E-state index contributed by atoms with van der Waals surface area (Å²) in [4.78, 5) is 22.3. The molecular formula is C19H19NO5. The third-order valence-corrected chi connectivity index (χ3v) is 2.94. The molecule has 1 aromatic heterocycles. The van der Waals surface area contributed by atoms with Crippen molar-refractivity contribution in [1.29, 1.82) is 0 Å². The zero-order valence-corrected chi connectivity index (χ0v) is 14.3. The molecule has 0 aliphatic rings. The molecule has 0 saturated heterocycles. The maximum atomic E-state index is 11.5. The quantitative estimate of drug-likeness (QED) is 0.834. The molecule has 0 aliphatic heterocycles. The molecule has 0 bridgehead atoms. The Morgan fingerprint density at radius 2 is 1.84 bits per heavy atom. The molecule has 0 atom stereocenters. The van der Waals surface area contributed by atoms with E-state index in [0.29, 0.717) is 5.76 Å². The summed E-state index contributed by atoms with van der Waals surface area (Å²) in [5.74, 6) is 5.02. The Bertz CT molecular complexity index is 816.